The van der Waals surface area contributed by atoms with Crippen LogP contribution in [0.4, 0.5) is 0 Å². The Morgan fingerprint density at radius 1 is 0.926 bits per heavy atom. The zero-order chi connectivity index (χ0) is 18.5. The van der Waals surface area contributed by atoms with E-state index in [-0.39, 0.29) is 11.9 Å². The summed E-state index contributed by atoms with van der Waals surface area (Å²) in [5.74, 6) is 0.632. The summed E-state index contributed by atoms with van der Waals surface area (Å²) in [6.07, 6.45) is 11.1. The minimum atomic E-state index is -0.00155. The van der Waals surface area contributed by atoms with Gasteiger partial charge in [0.15, 0.2) is 5.82 Å². The maximum Gasteiger partial charge on any atom is 0.257 e. The molecule has 136 valence electrons. The molecule has 1 aliphatic rings. The van der Waals surface area contributed by atoms with Gasteiger partial charge in [-0.3, -0.25) is 9.78 Å². The van der Waals surface area contributed by atoms with Crippen molar-refractivity contribution in [3.8, 4) is 11.4 Å². The van der Waals surface area contributed by atoms with Crippen LogP contribution in [-0.2, 0) is 0 Å². The Morgan fingerprint density at radius 2 is 1.67 bits per heavy atom. The molecular weight excluding hydrogens is 336 g/mol. The number of likely N-dealkylation sites (tertiary alicyclic amines) is 1. The van der Waals surface area contributed by atoms with Crippen LogP contribution in [0.2, 0.25) is 0 Å². The van der Waals surface area contributed by atoms with E-state index in [1.54, 1.807) is 24.8 Å². The molecule has 0 radical (unpaired) electrons. The minimum absolute atomic E-state index is 0.00155. The van der Waals surface area contributed by atoms with Gasteiger partial charge in [0.1, 0.15) is 0 Å². The number of rotatable bonds is 3. The molecule has 5 nitrogen and oxygen atoms in total. The summed E-state index contributed by atoms with van der Waals surface area (Å²) in [5.41, 5.74) is 2.62. The third kappa shape index (κ3) is 3.87. The van der Waals surface area contributed by atoms with Crippen molar-refractivity contribution in [2.45, 2.75) is 31.7 Å². The Morgan fingerprint density at radius 3 is 2.41 bits per heavy atom. The summed E-state index contributed by atoms with van der Waals surface area (Å²) in [6.45, 7) is 0.756. The number of nitrogens with zero attached hydrogens (tertiary/aromatic N) is 4. The van der Waals surface area contributed by atoms with Gasteiger partial charge in [-0.1, -0.05) is 43.2 Å². The zero-order valence-electron chi connectivity index (χ0n) is 15.2. The van der Waals surface area contributed by atoms with Gasteiger partial charge in [0.2, 0.25) is 0 Å². The van der Waals surface area contributed by atoms with Gasteiger partial charge in [-0.15, -0.1) is 0 Å². The van der Waals surface area contributed by atoms with E-state index in [0.29, 0.717) is 11.4 Å². The van der Waals surface area contributed by atoms with E-state index in [1.807, 2.05) is 47.4 Å². The van der Waals surface area contributed by atoms with Gasteiger partial charge in [-0.2, -0.15) is 0 Å². The van der Waals surface area contributed by atoms with Gasteiger partial charge in [0.25, 0.3) is 5.91 Å². The molecule has 0 N–H and O–H groups in total. The average Bonchev–Trinajstić information content (AvgIpc) is 3.01. The van der Waals surface area contributed by atoms with Gasteiger partial charge in [0.05, 0.1) is 11.6 Å². The molecule has 1 saturated heterocycles. The lowest BCUT2D eigenvalue weighted by Gasteiger charge is -2.30. The first kappa shape index (κ1) is 17.3. The highest BCUT2D eigenvalue weighted by Gasteiger charge is 2.28. The van der Waals surface area contributed by atoms with Gasteiger partial charge in [-0.05, 0) is 30.5 Å². The first-order valence-electron chi connectivity index (χ1n) is 9.41. The Bertz CT molecular complexity index is 881. The highest BCUT2D eigenvalue weighted by atomic mass is 16.2. The molecule has 1 aliphatic heterocycles. The Labute approximate surface area is 159 Å². The zero-order valence-corrected chi connectivity index (χ0v) is 15.2. The second kappa shape index (κ2) is 8.08. The molecule has 5 heteroatoms. The number of pyridine rings is 1. The lowest BCUT2D eigenvalue weighted by atomic mass is 10.0. The van der Waals surface area contributed by atoms with E-state index in [2.05, 4.69) is 15.0 Å². The fourth-order valence-electron chi connectivity index (χ4n) is 3.62. The lowest BCUT2D eigenvalue weighted by molar-refractivity contribution is 0.0680. The second-order valence-corrected chi connectivity index (χ2v) is 6.81. The van der Waals surface area contributed by atoms with Crippen molar-refractivity contribution in [1.82, 2.24) is 19.9 Å². The summed E-state index contributed by atoms with van der Waals surface area (Å²) < 4.78 is 0. The number of amides is 1. The van der Waals surface area contributed by atoms with E-state index >= 15 is 0 Å². The van der Waals surface area contributed by atoms with Crippen LogP contribution in [0.3, 0.4) is 0 Å². The molecule has 0 saturated carbocycles. The van der Waals surface area contributed by atoms with Crippen LogP contribution < -0.4 is 0 Å². The first-order valence-corrected chi connectivity index (χ1v) is 9.41. The van der Waals surface area contributed by atoms with Crippen LogP contribution >= 0.6 is 0 Å². The normalized spacial score (nSPS) is 17.3. The smallest absolute Gasteiger partial charge is 0.257 e. The standard InChI is InChI=1S/C22H22N4O/c27-22(19-15-24-21(25-16-19)18-7-3-1-4-8-18)26-14-6-2-5-9-20(26)17-10-12-23-13-11-17/h1,3-4,7-8,10-13,15-16,20H,2,5-6,9,14H2/t20-/m0/s1. The van der Waals surface area contributed by atoms with Crippen LogP contribution in [-0.4, -0.2) is 32.3 Å². The molecule has 3 heterocycles. The van der Waals surface area contributed by atoms with Crippen LogP contribution in [0.15, 0.2) is 67.3 Å². The van der Waals surface area contributed by atoms with Crippen molar-refractivity contribution in [3.05, 3.63) is 78.4 Å². The molecule has 1 atom stereocenters. The number of hydrogen-bond acceptors (Lipinski definition) is 4. The summed E-state index contributed by atoms with van der Waals surface area (Å²) in [5, 5.41) is 0. The van der Waals surface area contributed by atoms with Crippen molar-refractivity contribution in [2.75, 3.05) is 6.54 Å². The van der Waals surface area contributed by atoms with Crippen molar-refractivity contribution in [1.29, 1.82) is 0 Å². The highest BCUT2D eigenvalue weighted by molar-refractivity contribution is 5.94. The maximum absolute atomic E-state index is 13.2. The van der Waals surface area contributed by atoms with Crippen LogP contribution in [0.1, 0.15) is 47.6 Å². The average molecular weight is 358 g/mol. The predicted octanol–water partition coefficient (Wildman–Crippen LogP) is 4.30. The van der Waals surface area contributed by atoms with Crippen LogP contribution in [0, 0.1) is 0 Å². The second-order valence-electron chi connectivity index (χ2n) is 6.81. The number of carbonyl (C=O) groups excluding carboxylic acids is 1. The molecule has 2 aromatic heterocycles. The quantitative estimate of drug-likeness (QED) is 0.700. The fourth-order valence-corrected chi connectivity index (χ4v) is 3.62. The molecule has 0 aliphatic carbocycles. The van der Waals surface area contributed by atoms with E-state index in [1.165, 1.54) is 0 Å². The van der Waals surface area contributed by atoms with Crippen LogP contribution in [0.5, 0.6) is 0 Å². The third-order valence-electron chi connectivity index (χ3n) is 5.04. The Balaban J connectivity index is 1.59. The molecule has 1 amide bonds. The summed E-state index contributed by atoms with van der Waals surface area (Å²) in [6, 6.07) is 13.9. The Hall–Kier alpha value is -3.08. The first-order chi connectivity index (χ1) is 13.3. The molecule has 0 bridgehead atoms. The van der Waals surface area contributed by atoms with Crippen molar-refractivity contribution >= 4 is 5.91 Å². The third-order valence-corrected chi connectivity index (χ3v) is 5.04. The van der Waals surface area contributed by atoms with E-state index in [9.17, 15) is 4.79 Å². The summed E-state index contributed by atoms with van der Waals surface area (Å²) in [7, 11) is 0. The van der Waals surface area contributed by atoms with Crippen molar-refractivity contribution in [2.24, 2.45) is 0 Å². The lowest BCUT2D eigenvalue weighted by Crippen LogP contribution is -2.35. The molecule has 4 rings (SSSR count). The monoisotopic (exact) mass is 358 g/mol. The molecule has 1 fully saturated rings. The summed E-state index contributed by atoms with van der Waals surface area (Å²) in [4.78, 5) is 28.1. The van der Waals surface area contributed by atoms with Crippen LogP contribution in [0.25, 0.3) is 11.4 Å². The number of hydrogen-bond donors (Lipinski definition) is 0. The maximum atomic E-state index is 13.2. The van der Waals surface area contributed by atoms with E-state index in [0.717, 1.165) is 43.4 Å². The topological polar surface area (TPSA) is 59.0 Å². The number of benzene rings is 1. The molecule has 0 spiro atoms. The number of carbonyl (C=O) groups is 1. The number of aromatic nitrogens is 3. The molecule has 1 aromatic carbocycles. The van der Waals surface area contributed by atoms with E-state index < -0.39 is 0 Å². The molecule has 3 aromatic rings. The molecule has 0 unspecified atom stereocenters. The molecule has 27 heavy (non-hydrogen) atoms. The van der Waals surface area contributed by atoms with E-state index in [4.69, 9.17) is 0 Å². The minimum Gasteiger partial charge on any atom is -0.332 e. The summed E-state index contributed by atoms with van der Waals surface area (Å²) >= 11 is 0. The predicted molar refractivity (Wildman–Crippen MR) is 104 cm³/mol. The fraction of sp³-hybridized carbons (Fsp3) is 0.273. The molecular formula is C22H22N4O. The Kier molecular flexibility index (Phi) is 5.19. The van der Waals surface area contributed by atoms with Gasteiger partial charge in [0, 0.05) is 36.9 Å². The van der Waals surface area contributed by atoms with Crippen molar-refractivity contribution in [3.63, 3.8) is 0 Å². The highest BCUT2D eigenvalue weighted by Crippen LogP contribution is 2.31. The largest absolute Gasteiger partial charge is 0.332 e. The SMILES string of the molecule is O=C(c1cnc(-c2ccccc2)nc1)N1CCCCC[C@H]1c1ccncc1. The van der Waals surface area contributed by atoms with Crippen molar-refractivity contribution < 1.29 is 4.79 Å². The van der Waals surface area contributed by atoms with Gasteiger partial charge >= 0.3 is 0 Å². The van der Waals surface area contributed by atoms with Gasteiger partial charge < -0.3 is 4.90 Å². The van der Waals surface area contributed by atoms with Gasteiger partial charge in [-0.25, -0.2) is 9.97 Å².